The fourth-order valence-electron chi connectivity index (χ4n) is 3.32. The second-order valence-corrected chi connectivity index (χ2v) is 8.95. The number of nitrogens with one attached hydrogen (secondary N) is 1. The van der Waals surface area contributed by atoms with Gasteiger partial charge in [0.2, 0.25) is 0 Å². The Morgan fingerprint density at radius 3 is 2.15 bits per heavy atom. The van der Waals surface area contributed by atoms with E-state index in [9.17, 15) is 4.79 Å². The third-order valence-electron chi connectivity index (χ3n) is 4.67. The van der Waals surface area contributed by atoms with Gasteiger partial charge in [-0.05, 0) is 55.0 Å². The predicted octanol–water partition coefficient (Wildman–Crippen LogP) is 6.29. The number of amides is 1. The molecule has 0 aliphatic heterocycles. The van der Waals surface area contributed by atoms with Crippen molar-refractivity contribution in [2.45, 2.75) is 47.0 Å². The summed E-state index contributed by atoms with van der Waals surface area (Å²) in [6.45, 7) is 12.8. The molecule has 0 spiro atoms. The first kappa shape index (κ1) is 19.3. The first-order valence-electron chi connectivity index (χ1n) is 9.11. The van der Waals surface area contributed by atoms with Gasteiger partial charge < -0.3 is 0 Å². The molecule has 1 N–H and O–H groups in total. The highest BCUT2D eigenvalue weighted by molar-refractivity contribution is 7.14. The molecule has 0 saturated heterocycles. The number of aryl methyl sites for hydroxylation is 3. The van der Waals surface area contributed by atoms with Crippen molar-refractivity contribution in [3.63, 3.8) is 0 Å². The molecule has 1 heterocycles. The van der Waals surface area contributed by atoms with Gasteiger partial charge in [0, 0.05) is 16.5 Å². The minimum absolute atomic E-state index is 0.0724. The number of hydrogen-bond acceptors (Lipinski definition) is 3. The molecule has 0 bridgehead atoms. The number of rotatable bonds is 3. The summed E-state index contributed by atoms with van der Waals surface area (Å²) in [5.74, 6) is -0.131. The Balaban J connectivity index is 1.79. The molecule has 0 radical (unpaired) electrons. The summed E-state index contributed by atoms with van der Waals surface area (Å²) >= 11 is 1.45. The molecule has 3 nitrogen and oxygen atoms in total. The van der Waals surface area contributed by atoms with E-state index in [-0.39, 0.29) is 11.3 Å². The number of benzene rings is 2. The number of thiazole rings is 1. The maximum absolute atomic E-state index is 12.6. The molecule has 0 aliphatic rings. The third-order valence-corrected chi connectivity index (χ3v) is 5.43. The van der Waals surface area contributed by atoms with Gasteiger partial charge in [-0.2, -0.15) is 0 Å². The van der Waals surface area contributed by atoms with E-state index >= 15 is 0 Å². The first-order valence-corrected chi connectivity index (χ1v) is 9.99. The van der Waals surface area contributed by atoms with Crippen LogP contribution >= 0.6 is 11.3 Å². The summed E-state index contributed by atoms with van der Waals surface area (Å²) in [5.41, 5.74) is 7.63. The van der Waals surface area contributed by atoms with Crippen molar-refractivity contribution < 1.29 is 4.79 Å². The van der Waals surface area contributed by atoms with E-state index in [2.05, 4.69) is 64.0 Å². The van der Waals surface area contributed by atoms with Gasteiger partial charge in [-0.1, -0.05) is 50.6 Å². The van der Waals surface area contributed by atoms with E-state index in [4.69, 9.17) is 0 Å². The Morgan fingerprint density at radius 1 is 1.00 bits per heavy atom. The van der Waals surface area contributed by atoms with Crippen LogP contribution in [0.25, 0.3) is 11.3 Å². The van der Waals surface area contributed by atoms with Crippen LogP contribution in [0, 0.1) is 20.8 Å². The lowest BCUT2D eigenvalue weighted by Gasteiger charge is -2.18. The Morgan fingerprint density at radius 2 is 1.59 bits per heavy atom. The van der Waals surface area contributed by atoms with Crippen molar-refractivity contribution in [1.29, 1.82) is 0 Å². The van der Waals surface area contributed by atoms with Crippen LogP contribution < -0.4 is 5.32 Å². The fraction of sp³-hybridized carbons (Fsp3) is 0.304. The lowest BCUT2D eigenvalue weighted by Crippen LogP contribution is -2.14. The molecule has 2 aromatic carbocycles. The van der Waals surface area contributed by atoms with E-state index in [0.29, 0.717) is 10.7 Å². The highest BCUT2D eigenvalue weighted by Gasteiger charge is 2.16. The van der Waals surface area contributed by atoms with Crippen molar-refractivity contribution >= 4 is 22.4 Å². The summed E-state index contributed by atoms with van der Waals surface area (Å²) in [6, 6.07) is 12.1. The van der Waals surface area contributed by atoms with Gasteiger partial charge in [0.1, 0.15) is 0 Å². The van der Waals surface area contributed by atoms with Crippen molar-refractivity contribution in [3.05, 3.63) is 69.6 Å². The zero-order valence-corrected chi connectivity index (χ0v) is 17.6. The van der Waals surface area contributed by atoms with Crippen molar-refractivity contribution in [1.82, 2.24) is 4.98 Å². The Kier molecular flexibility index (Phi) is 5.20. The Labute approximate surface area is 165 Å². The molecule has 1 amide bonds. The molecule has 0 atom stereocenters. The zero-order valence-electron chi connectivity index (χ0n) is 16.8. The lowest BCUT2D eigenvalue weighted by atomic mass is 9.87. The second kappa shape index (κ2) is 7.28. The number of carbonyl (C=O) groups excluding carboxylic acids is 1. The molecule has 3 aromatic rings. The third kappa shape index (κ3) is 4.28. The van der Waals surface area contributed by atoms with E-state index in [1.54, 1.807) is 0 Å². The van der Waals surface area contributed by atoms with Gasteiger partial charge in [0.05, 0.1) is 5.69 Å². The fourth-order valence-corrected chi connectivity index (χ4v) is 4.02. The maximum Gasteiger partial charge on any atom is 0.257 e. The van der Waals surface area contributed by atoms with Crippen LogP contribution in [0.4, 0.5) is 5.13 Å². The number of carbonyl (C=O) groups is 1. The summed E-state index contributed by atoms with van der Waals surface area (Å²) in [7, 11) is 0. The number of aromatic nitrogens is 1. The largest absolute Gasteiger partial charge is 0.298 e. The summed E-state index contributed by atoms with van der Waals surface area (Å²) in [5, 5.41) is 5.55. The second-order valence-electron chi connectivity index (χ2n) is 8.09. The molecular weight excluding hydrogens is 352 g/mol. The number of hydrogen-bond donors (Lipinski definition) is 1. The average Bonchev–Trinajstić information content (AvgIpc) is 3.01. The maximum atomic E-state index is 12.6. The SMILES string of the molecule is Cc1cc(C)c(-c2csc(NC(=O)c3ccc(C(C)(C)C)cc3)n2)c(C)c1. The highest BCUT2D eigenvalue weighted by atomic mass is 32.1. The number of nitrogens with zero attached hydrogens (tertiary/aromatic N) is 1. The van der Waals surface area contributed by atoms with Crippen molar-refractivity contribution in [3.8, 4) is 11.3 Å². The minimum atomic E-state index is -0.131. The molecule has 3 rings (SSSR count). The molecule has 1 aromatic heterocycles. The van der Waals surface area contributed by atoms with Crippen LogP contribution in [0.5, 0.6) is 0 Å². The van der Waals surface area contributed by atoms with Gasteiger partial charge in [-0.15, -0.1) is 11.3 Å². The quantitative estimate of drug-likeness (QED) is 0.582. The summed E-state index contributed by atoms with van der Waals surface area (Å²) in [4.78, 5) is 17.2. The molecular formula is C23H26N2OS. The minimum Gasteiger partial charge on any atom is -0.298 e. The van der Waals surface area contributed by atoms with Crippen molar-refractivity contribution in [2.24, 2.45) is 0 Å². The van der Waals surface area contributed by atoms with E-state index in [1.165, 1.54) is 33.6 Å². The summed E-state index contributed by atoms with van der Waals surface area (Å²) < 4.78 is 0. The Hall–Kier alpha value is -2.46. The standard InChI is InChI=1S/C23H26N2OS/c1-14-11-15(2)20(16(3)12-14)19-13-27-22(24-19)25-21(26)17-7-9-18(10-8-17)23(4,5)6/h7-13H,1-6H3,(H,24,25,26). The van der Waals surface area contributed by atoms with E-state index in [1.807, 2.05) is 29.6 Å². The zero-order chi connectivity index (χ0) is 19.8. The molecule has 4 heteroatoms. The van der Waals surface area contributed by atoms with Crippen LogP contribution in [-0.2, 0) is 5.41 Å². The van der Waals surface area contributed by atoms with Gasteiger partial charge in [0.15, 0.2) is 5.13 Å². The normalized spacial score (nSPS) is 11.5. The molecule has 140 valence electrons. The van der Waals surface area contributed by atoms with Gasteiger partial charge in [-0.3, -0.25) is 10.1 Å². The van der Waals surface area contributed by atoms with Crippen LogP contribution in [0.15, 0.2) is 41.8 Å². The summed E-state index contributed by atoms with van der Waals surface area (Å²) in [6.07, 6.45) is 0. The monoisotopic (exact) mass is 378 g/mol. The first-order chi connectivity index (χ1) is 12.6. The smallest absolute Gasteiger partial charge is 0.257 e. The Bertz CT molecular complexity index is 955. The molecule has 0 fully saturated rings. The predicted molar refractivity (Wildman–Crippen MR) is 115 cm³/mol. The lowest BCUT2D eigenvalue weighted by molar-refractivity contribution is 0.102. The number of anilines is 1. The molecule has 0 unspecified atom stereocenters. The molecule has 27 heavy (non-hydrogen) atoms. The molecule has 0 aliphatic carbocycles. The van der Waals surface area contributed by atoms with Crippen molar-refractivity contribution in [2.75, 3.05) is 5.32 Å². The molecule has 0 saturated carbocycles. The van der Waals surface area contributed by atoms with Gasteiger partial charge >= 0.3 is 0 Å². The van der Waals surface area contributed by atoms with E-state index in [0.717, 1.165) is 11.3 Å². The highest BCUT2D eigenvalue weighted by Crippen LogP contribution is 2.31. The van der Waals surface area contributed by atoms with Crippen LogP contribution in [0.2, 0.25) is 0 Å². The average molecular weight is 379 g/mol. The topological polar surface area (TPSA) is 42.0 Å². The van der Waals surface area contributed by atoms with Crippen LogP contribution in [0.1, 0.15) is 53.4 Å². The van der Waals surface area contributed by atoms with Gasteiger partial charge in [0.25, 0.3) is 5.91 Å². The van der Waals surface area contributed by atoms with Crippen LogP contribution in [-0.4, -0.2) is 10.9 Å². The van der Waals surface area contributed by atoms with Crippen LogP contribution in [0.3, 0.4) is 0 Å². The van der Waals surface area contributed by atoms with Gasteiger partial charge in [-0.25, -0.2) is 4.98 Å². The van der Waals surface area contributed by atoms with E-state index < -0.39 is 0 Å².